The first-order valence-electron chi connectivity index (χ1n) is 7.98. The molecule has 122 valence electrons. The second kappa shape index (κ2) is 7.53. The molecule has 3 rings (SSSR count). The number of hydrogen-bond acceptors (Lipinski definition) is 4. The van der Waals surface area contributed by atoms with E-state index in [-0.39, 0.29) is 11.9 Å². The predicted molar refractivity (Wildman–Crippen MR) is 88.4 cm³/mol. The molecular formula is C18H22FN3O. The van der Waals surface area contributed by atoms with E-state index in [1.165, 1.54) is 11.6 Å². The average molecular weight is 315 g/mol. The Hall–Kier alpha value is -1.98. The van der Waals surface area contributed by atoms with Crippen molar-refractivity contribution in [2.24, 2.45) is 0 Å². The normalized spacial score (nSPS) is 18.9. The Kier molecular flexibility index (Phi) is 5.20. The third-order valence-corrected chi connectivity index (χ3v) is 4.18. The summed E-state index contributed by atoms with van der Waals surface area (Å²) in [6.07, 6.45) is 3.74. The monoisotopic (exact) mass is 315 g/mol. The van der Waals surface area contributed by atoms with Gasteiger partial charge in [-0.3, -0.25) is 4.90 Å². The minimum atomic E-state index is -0.136. The molecule has 2 heterocycles. The first-order chi connectivity index (χ1) is 11.2. The molecule has 0 radical (unpaired) electrons. The van der Waals surface area contributed by atoms with Crippen LogP contribution in [0, 0.1) is 5.82 Å². The lowest BCUT2D eigenvalue weighted by molar-refractivity contribution is -0.0348. The summed E-state index contributed by atoms with van der Waals surface area (Å²) >= 11 is 0. The number of rotatable bonds is 5. The van der Waals surface area contributed by atoms with Crippen LogP contribution in [0.4, 0.5) is 10.2 Å². The Bertz CT molecular complexity index is 650. The van der Waals surface area contributed by atoms with Gasteiger partial charge in [-0.05, 0) is 36.6 Å². The quantitative estimate of drug-likeness (QED) is 0.921. The lowest BCUT2D eigenvalue weighted by atomic mass is 10.1. The molecule has 0 amide bonds. The van der Waals surface area contributed by atoms with Crippen LogP contribution < -0.4 is 5.73 Å². The molecule has 1 atom stereocenters. The fourth-order valence-corrected chi connectivity index (χ4v) is 2.94. The molecule has 23 heavy (non-hydrogen) atoms. The zero-order valence-corrected chi connectivity index (χ0v) is 13.1. The third-order valence-electron chi connectivity index (χ3n) is 4.18. The number of nitrogens with two attached hydrogens (primary N) is 1. The molecule has 0 bridgehead atoms. The van der Waals surface area contributed by atoms with E-state index < -0.39 is 0 Å². The Morgan fingerprint density at radius 1 is 1.30 bits per heavy atom. The van der Waals surface area contributed by atoms with Crippen LogP contribution in [0.3, 0.4) is 0 Å². The number of anilines is 1. The fraction of sp³-hybridized carbons (Fsp3) is 0.389. The predicted octanol–water partition coefficient (Wildman–Crippen LogP) is 2.64. The Morgan fingerprint density at radius 3 is 3.00 bits per heavy atom. The summed E-state index contributed by atoms with van der Waals surface area (Å²) < 4.78 is 19.6. The van der Waals surface area contributed by atoms with Crippen molar-refractivity contribution >= 4 is 5.82 Å². The SMILES string of the molecule is Nc1cc(CC[C@@H]2CN(Cc3ccccc3F)CCO2)ccn1. The maximum Gasteiger partial charge on any atom is 0.127 e. The third kappa shape index (κ3) is 4.50. The molecule has 1 aromatic heterocycles. The van der Waals surface area contributed by atoms with Crippen molar-refractivity contribution in [3.8, 4) is 0 Å². The molecule has 1 aliphatic heterocycles. The van der Waals surface area contributed by atoms with E-state index >= 15 is 0 Å². The maximum absolute atomic E-state index is 13.8. The Balaban J connectivity index is 1.53. The lowest BCUT2D eigenvalue weighted by Crippen LogP contribution is -2.42. The summed E-state index contributed by atoms with van der Waals surface area (Å²) in [6.45, 7) is 2.99. The number of benzene rings is 1. The molecule has 1 aromatic carbocycles. The molecule has 0 aliphatic carbocycles. The van der Waals surface area contributed by atoms with E-state index in [0.29, 0.717) is 19.0 Å². The van der Waals surface area contributed by atoms with Crippen molar-refractivity contribution in [3.63, 3.8) is 0 Å². The number of nitrogen functional groups attached to an aromatic ring is 1. The number of halogens is 1. The van der Waals surface area contributed by atoms with Gasteiger partial charge in [-0.2, -0.15) is 0 Å². The van der Waals surface area contributed by atoms with Gasteiger partial charge in [0, 0.05) is 31.4 Å². The number of ether oxygens (including phenoxy) is 1. The fourth-order valence-electron chi connectivity index (χ4n) is 2.94. The zero-order valence-electron chi connectivity index (χ0n) is 13.1. The van der Waals surface area contributed by atoms with Crippen molar-refractivity contribution in [2.45, 2.75) is 25.5 Å². The molecule has 0 saturated carbocycles. The number of aryl methyl sites for hydroxylation is 1. The highest BCUT2D eigenvalue weighted by Gasteiger charge is 2.21. The standard InChI is InChI=1S/C18H22FN3O/c19-17-4-2-1-3-15(17)12-22-9-10-23-16(13-22)6-5-14-7-8-21-18(20)11-14/h1-4,7-8,11,16H,5-6,9-10,12-13H2,(H2,20,21)/t16-/m1/s1. The molecule has 2 N–H and O–H groups in total. The topological polar surface area (TPSA) is 51.4 Å². The molecule has 1 fully saturated rings. The number of nitrogens with zero attached hydrogens (tertiary/aromatic N) is 2. The van der Waals surface area contributed by atoms with Crippen LogP contribution in [0.2, 0.25) is 0 Å². The Labute approximate surface area is 136 Å². The average Bonchev–Trinajstić information content (AvgIpc) is 2.56. The first-order valence-corrected chi connectivity index (χ1v) is 7.98. The number of aromatic nitrogens is 1. The van der Waals surface area contributed by atoms with Crippen LogP contribution in [-0.2, 0) is 17.7 Å². The highest BCUT2D eigenvalue weighted by molar-refractivity contribution is 5.31. The minimum absolute atomic E-state index is 0.136. The number of morpholine rings is 1. The number of pyridine rings is 1. The van der Waals surface area contributed by atoms with Crippen molar-refractivity contribution in [2.75, 3.05) is 25.4 Å². The smallest absolute Gasteiger partial charge is 0.127 e. The summed E-state index contributed by atoms with van der Waals surface area (Å²) in [6, 6.07) is 10.8. The molecular weight excluding hydrogens is 293 g/mol. The molecule has 0 unspecified atom stereocenters. The van der Waals surface area contributed by atoms with Crippen LogP contribution in [0.5, 0.6) is 0 Å². The summed E-state index contributed by atoms with van der Waals surface area (Å²) in [5.74, 6) is 0.413. The molecule has 0 spiro atoms. The molecule has 2 aromatic rings. The van der Waals surface area contributed by atoms with Gasteiger partial charge in [0.25, 0.3) is 0 Å². The summed E-state index contributed by atoms with van der Waals surface area (Å²) in [5.41, 5.74) is 7.62. The van der Waals surface area contributed by atoms with E-state index in [2.05, 4.69) is 9.88 Å². The van der Waals surface area contributed by atoms with Crippen LogP contribution in [0.15, 0.2) is 42.6 Å². The van der Waals surface area contributed by atoms with Crippen molar-refractivity contribution in [3.05, 3.63) is 59.5 Å². The van der Waals surface area contributed by atoms with Crippen LogP contribution in [0.1, 0.15) is 17.5 Å². The van der Waals surface area contributed by atoms with E-state index in [4.69, 9.17) is 10.5 Å². The van der Waals surface area contributed by atoms with Gasteiger partial charge in [-0.25, -0.2) is 9.37 Å². The summed E-state index contributed by atoms with van der Waals surface area (Å²) in [7, 11) is 0. The summed E-state index contributed by atoms with van der Waals surface area (Å²) in [4.78, 5) is 6.26. The molecule has 1 saturated heterocycles. The van der Waals surface area contributed by atoms with Gasteiger partial charge in [0.05, 0.1) is 12.7 Å². The maximum atomic E-state index is 13.8. The minimum Gasteiger partial charge on any atom is -0.384 e. The second-order valence-corrected chi connectivity index (χ2v) is 5.95. The zero-order chi connectivity index (χ0) is 16.1. The molecule has 5 heteroatoms. The lowest BCUT2D eigenvalue weighted by Gasteiger charge is -2.33. The first kappa shape index (κ1) is 15.9. The molecule has 4 nitrogen and oxygen atoms in total. The van der Waals surface area contributed by atoms with Gasteiger partial charge in [0.15, 0.2) is 0 Å². The van der Waals surface area contributed by atoms with Gasteiger partial charge in [-0.1, -0.05) is 18.2 Å². The van der Waals surface area contributed by atoms with Gasteiger partial charge in [0.1, 0.15) is 11.6 Å². The van der Waals surface area contributed by atoms with Gasteiger partial charge in [-0.15, -0.1) is 0 Å². The van der Waals surface area contributed by atoms with Gasteiger partial charge >= 0.3 is 0 Å². The molecule has 1 aliphatic rings. The highest BCUT2D eigenvalue weighted by Crippen LogP contribution is 2.16. The van der Waals surface area contributed by atoms with E-state index in [1.807, 2.05) is 24.3 Å². The van der Waals surface area contributed by atoms with Gasteiger partial charge in [0.2, 0.25) is 0 Å². The Morgan fingerprint density at radius 2 is 2.17 bits per heavy atom. The van der Waals surface area contributed by atoms with E-state index in [1.54, 1.807) is 12.3 Å². The second-order valence-electron chi connectivity index (χ2n) is 5.95. The van der Waals surface area contributed by atoms with Crippen LogP contribution in [-0.4, -0.2) is 35.7 Å². The van der Waals surface area contributed by atoms with Crippen molar-refractivity contribution in [1.29, 1.82) is 0 Å². The summed E-state index contributed by atoms with van der Waals surface area (Å²) in [5, 5.41) is 0. The van der Waals surface area contributed by atoms with Gasteiger partial charge < -0.3 is 10.5 Å². The number of hydrogen-bond donors (Lipinski definition) is 1. The van der Waals surface area contributed by atoms with E-state index in [0.717, 1.165) is 31.5 Å². The highest BCUT2D eigenvalue weighted by atomic mass is 19.1. The van der Waals surface area contributed by atoms with Crippen LogP contribution >= 0.6 is 0 Å². The van der Waals surface area contributed by atoms with Crippen molar-refractivity contribution in [1.82, 2.24) is 9.88 Å². The van der Waals surface area contributed by atoms with Crippen molar-refractivity contribution < 1.29 is 9.13 Å². The van der Waals surface area contributed by atoms with E-state index in [9.17, 15) is 4.39 Å². The van der Waals surface area contributed by atoms with Crippen LogP contribution in [0.25, 0.3) is 0 Å². The largest absolute Gasteiger partial charge is 0.384 e.